The first-order valence-electron chi connectivity index (χ1n) is 8.65. The smallest absolute Gasteiger partial charge is 0.254 e. The Balaban J connectivity index is 1.86. The number of rotatable bonds is 2. The third-order valence-electron chi connectivity index (χ3n) is 4.91. The molecule has 2 aliphatic heterocycles. The van der Waals surface area contributed by atoms with E-state index in [0.717, 1.165) is 0 Å². The summed E-state index contributed by atoms with van der Waals surface area (Å²) in [5.41, 5.74) is 0.159. The third-order valence-corrected chi connectivity index (χ3v) is 4.91. The van der Waals surface area contributed by atoms with Gasteiger partial charge in [-0.25, -0.2) is 0 Å². The van der Waals surface area contributed by atoms with Crippen LogP contribution in [-0.4, -0.2) is 65.2 Å². The zero-order valence-electron chi connectivity index (χ0n) is 14.7. The van der Waals surface area contributed by atoms with Crippen molar-refractivity contribution in [2.45, 2.75) is 20.3 Å². The van der Waals surface area contributed by atoms with Crippen molar-refractivity contribution in [3.05, 3.63) is 30.1 Å². The number of aromatic nitrogens is 1. The highest BCUT2D eigenvalue weighted by atomic mass is 16.2. The molecule has 7 nitrogen and oxygen atoms in total. The van der Waals surface area contributed by atoms with Crippen molar-refractivity contribution >= 4 is 17.7 Å². The molecular weight excluding hydrogens is 320 g/mol. The standard InChI is InChI=1S/C18H24N4O3/c1-13(2)16(24)21-7-8-22(17(25)14-3-5-19-6-4-14)12-18(11-21)9-15(23)20-10-18/h3-6,13H,7-12H2,1-2H3,(H,20,23)/t18-/m0/s1. The van der Waals surface area contributed by atoms with E-state index < -0.39 is 5.41 Å². The topological polar surface area (TPSA) is 82.6 Å². The summed E-state index contributed by atoms with van der Waals surface area (Å²) < 4.78 is 0. The number of hydrogen-bond donors (Lipinski definition) is 1. The van der Waals surface area contributed by atoms with Gasteiger partial charge in [-0.3, -0.25) is 19.4 Å². The van der Waals surface area contributed by atoms with Crippen molar-refractivity contribution in [3.63, 3.8) is 0 Å². The van der Waals surface area contributed by atoms with E-state index in [4.69, 9.17) is 0 Å². The fourth-order valence-corrected chi connectivity index (χ4v) is 3.64. The number of hydrogen-bond acceptors (Lipinski definition) is 4. The molecule has 1 spiro atoms. The zero-order valence-corrected chi connectivity index (χ0v) is 14.7. The highest BCUT2D eigenvalue weighted by Crippen LogP contribution is 2.31. The fraction of sp³-hybridized carbons (Fsp3) is 0.556. The van der Waals surface area contributed by atoms with Crippen LogP contribution in [0.15, 0.2) is 24.5 Å². The maximum absolute atomic E-state index is 12.9. The Morgan fingerprint density at radius 3 is 2.40 bits per heavy atom. The van der Waals surface area contributed by atoms with Crippen molar-refractivity contribution in [1.29, 1.82) is 0 Å². The quantitative estimate of drug-likeness (QED) is 0.848. The van der Waals surface area contributed by atoms with Crippen LogP contribution >= 0.6 is 0 Å². The van der Waals surface area contributed by atoms with Gasteiger partial charge in [0.05, 0.1) is 0 Å². The van der Waals surface area contributed by atoms with Crippen LogP contribution in [0.1, 0.15) is 30.6 Å². The molecule has 1 N–H and O–H groups in total. The Labute approximate surface area is 147 Å². The number of carbonyl (C=O) groups excluding carboxylic acids is 3. The monoisotopic (exact) mass is 344 g/mol. The van der Waals surface area contributed by atoms with Crippen LogP contribution in [0.4, 0.5) is 0 Å². The summed E-state index contributed by atoms with van der Waals surface area (Å²) in [6, 6.07) is 3.38. The van der Waals surface area contributed by atoms with Gasteiger partial charge in [0.2, 0.25) is 11.8 Å². The second-order valence-electron chi connectivity index (χ2n) is 7.33. The largest absolute Gasteiger partial charge is 0.355 e. The first-order chi connectivity index (χ1) is 11.9. The van der Waals surface area contributed by atoms with E-state index in [0.29, 0.717) is 44.7 Å². The Kier molecular flexibility index (Phi) is 4.74. The normalized spacial score (nSPS) is 23.7. The molecule has 1 aromatic heterocycles. The van der Waals surface area contributed by atoms with Crippen molar-refractivity contribution < 1.29 is 14.4 Å². The van der Waals surface area contributed by atoms with Crippen molar-refractivity contribution in [1.82, 2.24) is 20.1 Å². The highest BCUT2D eigenvalue weighted by molar-refractivity contribution is 5.94. The minimum atomic E-state index is -0.416. The fourth-order valence-electron chi connectivity index (χ4n) is 3.64. The lowest BCUT2D eigenvalue weighted by atomic mass is 9.85. The van der Waals surface area contributed by atoms with E-state index in [-0.39, 0.29) is 23.6 Å². The summed E-state index contributed by atoms with van der Waals surface area (Å²) in [5.74, 6) is -0.142. The molecule has 2 saturated heterocycles. The number of nitrogens with zero attached hydrogens (tertiary/aromatic N) is 3. The molecule has 3 amide bonds. The van der Waals surface area contributed by atoms with Crippen LogP contribution in [0, 0.1) is 11.3 Å². The lowest BCUT2D eigenvalue weighted by molar-refractivity contribution is -0.135. The van der Waals surface area contributed by atoms with E-state index in [1.54, 1.807) is 29.4 Å². The number of carbonyl (C=O) groups is 3. The Hall–Kier alpha value is -2.44. The molecule has 134 valence electrons. The second-order valence-corrected chi connectivity index (χ2v) is 7.33. The summed E-state index contributed by atoms with van der Waals surface area (Å²) in [5, 5.41) is 2.87. The van der Waals surface area contributed by atoms with Gasteiger partial charge in [0.1, 0.15) is 0 Å². The van der Waals surface area contributed by atoms with Gasteiger partial charge in [0, 0.05) is 68.4 Å². The van der Waals surface area contributed by atoms with E-state index in [1.165, 1.54) is 0 Å². The Morgan fingerprint density at radius 1 is 1.16 bits per heavy atom. The van der Waals surface area contributed by atoms with Gasteiger partial charge in [-0.15, -0.1) is 0 Å². The van der Waals surface area contributed by atoms with Gasteiger partial charge >= 0.3 is 0 Å². The summed E-state index contributed by atoms with van der Waals surface area (Å²) in [6.07, 6.45) is 3.53. The van der Waals surface area contributed by atoms with E-state index in [9.17, 15) is 14.4 Å². The van der Waals surface area contributed by atoms with Crippen LogP contribution in [0.2, 0.25) is 0 Å². The molecule has 1 aromatic rings. The summed E-state index contributed by atoms with van der Waals surface area (Å²) in [7, 11) is 0. The molecule has 0 radical (unpaired) electrons. The molecule has 0 aromatic carbocycles. The lowest BCUT2D eigenvalue weighted by Gasteiger charge is -2.33. The lowest BCUT2D eigenvalue weighted by Crippen LogP contribution is -2.45. The molecule has 3 heterocycles. The Bertz CT molecular complexity index is 676. The maximum Gasteiger partial charge on any atom is 0.254 e. The van der Waals surface area contributed by atoms with Crippen LogP contribution in [0.25, 0.3) is 0 Å². The Morgan fingerprint density at radius 2 is 1.80 bits per heavy atom. The molecule has 7 heteroatoms. The molecule has 2 aliphatic rings. The molecule has 0 saturated carbocycles. The van der Waals surface area contributed by atoms with Crippen LogP contribution in [0.3, 0.4) is 0 Å². The predicted molar refractivity (Wildman–Crippen MR) is 91.6 cm³/mol. The molecule has 2 fully saturated rings. The first-order valence-corrected chi connectivity index (χ1v) is 8.65. The molecule has 0 bridgehead atoms. The van der Waals surface area contributed by atoms with Gasteiger partial charge in [-0.05, 0) is 12.1 Å². The van der Waals surface area contributed by atoms with E-state index in [1.807, 2.05) is 18.7 Å². The molecule has 25 heavy (non-hydrogen) atoms. The van der Waals surface area contributed by atoms with Gasteiger partial charge in [0.15, 0.2) is 0 Å². The number of pyridine rings is 1. The zero-order chi connectivity index (χ0) is 18.0. The maximum atomic E-state index is 12.9. The van der Waals surface area contributed by atoms with Crippen LogP contribution in [-0.2, 0) is 9.59 Å². The van der Waals surface area contributed by atoms with Gasteiger partial charge in [-0.2, -0.15) is 0 Å². The van der Waals surface area contributed by atoms with E-state index in [2.05, 4.69) is 10.3 Å². The summed E-state index contributed by atoms with van der Waals surface area (Å²) in [4.78, 5) is 44.8. The third kappa shape index (κ3) is 3.65. The molecule has 0 aliphatic carbocycles. The van der Waals surface area contributed by atoms with Gasteiger partial charge in [-0.1, -0.05) is 13.8 Å². The van der Waals surface area contributed by atoms with Crippen molar-refractivity contribution in [3.8, 4) is 0 Å². The van der Waals surface area contributed by atoms with Crippen LogP contribution < -0.4 is 5.32 Å². The molecule has 3 rings (SSSR count). The predicted octanol–water partition coefficient (Wildman–Crippen LogP) is 0.528. The number of amides is 3. The summed E-state index contributed by atoms with van der Waals surface area (Å²) in [6.45, 7) is 6.17. The average Bonchev–Trinajstić information content (AvgIpc) is 2.86. The van der Waals surface area contributed by atoms with Crippen LogP contribution in [0.5, 0.6) is 0 Å². The minimum absolute atomic E-state index is 0.0184. The first kappa shape index (κ1) is 17.4. The highest BCUT2D eigenvalue weighted by Gasteiger charge is 2.45. The molecule has 0 unspecified atom stereocenters. The molecular formula is C18H24N4O3. The number of nitrogens with one attached hydrogen (secondary N) is 1. The SMILES string of the molecule is CC(C)C(=O)N1CCN(C(=O)c2ccncc2)C[C@@]2(CNC(=O)C2)C1. The van der Waals surface area contributed by atoms with Crippen molar-refractivity contribution in [2.24, 2.45) is 11.3 Å². The van der Waals surface area contributed by atoms with E-state index >= 15 is 0 Å². The van der Waals surface area contributed by atoms with Gasteiger partial charge < -0.3 is 15.1 Å². The second kappa shape index (κ2) is 6.82. The van der Waals surface area contributed by atoms with Gasteiger partial charge in [0.25, 0.3) is 5.91 Å². The van der Waals surface area contributed by atoms with Crippen molar-refractivity contribution in [2.75, 3.05) is 32.7 Å². The summed E-state index contributed by atoms with van der Waals surface area (Å²) >= 11 is 0. The average molecular weight is 344 g/mol. The minimum Gasteiger partial charge on any atom is -0.355 e. The molecule has 1 atom stereocenters.